The quantitative estimate of drug-likeness (QED) is 0.258. The molecule has 1 aliphatic heterocycles. The highest BCUT2D eigenvalue weighted by Crippen LogP contribution is 2.59. The van der Waals surface area contributed by atoms with Crippen LogP contribution >= 0.6 is 15.9 Å². The Morgan fingerprint density at radius 2 is 1.80 bits per heavy atom. The van der Waals surface area contributed by atoms with E-state index in [1.54, 1.807) is 21.7 Å². The number of aryl methyl sites for hydroxylation is 2. The summed E-state index contributed by atoms with van der Waals surface area (Å²) in [5, 5.41) is 2.93. The van der Waals surface area contributed by atoms with Crippen molar-refractivity contribution in [1.29, 1.82) is 0 Å². The first kappa shape index (κ1) is 26.2. The van der Waals surface area contributed by atoms with Gasteiger partial charge in [-0.1, -0.05) is 19.1 Å². The highest BCUT2D eigenvalue weighted by Gasteiger charge is 2.64. The fraction of sp³-hybridized carbons (Fsp3) is 0.345. The molecule has 2 aliphatic rings. The molecule has 1 unspecified atom stereocenters. The maximum Gasteiger partial charge on any atom is 0.248 e. The predicted octanol–water partition coefficient (Wildman–Crippen LogP) is 4.33. The van der Waals surface area contributed by atoms with Crippen LogP contribution in [0.3, 0.4) is 0 Å². The molecular weight excluding hydrogens is 574 g/mol. The molecule has 4 aromatic heterocycles. The van der Waals surface area contributed by atoms with Gasteiger partial charge in [0.2, 0.25) is 11.8 Å². The van der Waals surface area contributed by atoms with E-state index < -0.39 is 6.04 Å². The highest BCUT2D eigenvalue weighted by molar-refractivity contribution is 9.10. The van der Waals surface area contributed by atoms with Crippen molar-refractivity contribution in [2.45, 2.75) is 59.0 Å². The van der Waals surface area contributed by atoms with Gasteiger partial charge in [0.05, 0.1) is 17.6 Å². The van der Waals surface area contributed by atoms with Crippen LogP contribution in [-0.4, -0.2) is 58.9 Å². The SMILES string of the molecule is CC(=O)c1nc(CC(=O)N2C3C[C@]3(C)C[C@H]2C(=O)Nc2nc(Br)ccc2C)c2ccc(-c3cnc(C)nc3)cn12. The summed E-state index contributed by atoms with van der Waals surface area (Å²) >= 11 is 3.35. The first-order valence-electron chi connectivity index (χ1n) is 13.1. The van der Waals surface area contributed by atoms with E-state index in [2.05, 4.69) is 48.1 Å². The molecule has 0 spiro atoms. The van der Waals surface area contributed by atoms with Crippen molar-refractivity contribution in [2.24, 2.45) is 5.41 Å². The Bertz CT molecular complexity index is 1700. The Labute approximate surface area is 239 Å². The average Bonchev–Trinajstić information content (AvgIpc) is 3.28. The van der Waals surface area contributed by atoms with Crippen molar-refractivity contribution in [3.05, 3.63) is 70.4 Å². The van der Waals surface area contributed by atoms with E-state index in [1.807, 2.05) is 44.3 Å². The maximum atomic E-state index is 13.8. The average molecular weight is 602 g/mol. The van der Waals surface area contributed by atoms with E-state index in [-0.39, 0.29) is 41.3 Å². The first-order chi connectivity index (χ1) is 19.0. The zero-order chi connectivity index (χ0) is 28.3. The summed E-state index contributed by atoms with van der Waals surface area (Å²) in [6, 6.07) is 6.84. The fourth-order valence-electron chi connectivity index (χ4n) is 5.67. The van der Waals surface area contributed by atoms with E-state index in [1.165, 1.54) is 6.92 Å². The minimum absolute atomic E-state index is 0.00149. The number of piperidine rings is 1. The van der Waals surface area contributed by atoms with Gasteiger partial charge >= 0.3 is 0 Å². The van der Waals surface area contributed by atoms with Gasteiger partial charge in [-0.05, 0) is 65.7 Å². The Morgan fingerprint density at radius 3 is 2.52 bits per heavy atom. The molecule has 1 N–H and O–H groups in total. The molecule has 1 saturated carbocycles. The van der Waals surface area contributed by atoms with Gasteiger partial charge in [-0.25, -0.2) is 19.9 Å². The van der Waals surface area contributed by atoms with E-state index in [4.69, 9.17) is 0 Å². The topological polar surface area (TPSA) is 122 Å². The second-order valence-electron chi connectivity index (χ2n) is 11.0. The molecule has 5 heterocycles. The first-order valence-corrected chi connectivity index (χ1v) is 13.9. The molecular formula is C29H28BrN7O3. The molecule has 0 aromatic carbocycles. The molecule has 3 atom stereocenters. The van der Waals surface area contributed by atoms with Gasteiger partial charge in [0.1, 0.15) is 22.3 Å². The van der Waals surface area contributed by atoms with Crippen LogP contribution in [-0.2, 0) is 16.0 Å². The molecule has 2 fully saturated rings. The third-order valence-electron chi connectivity index (χ3n) is 7.99. The van der Waals surface area contributed by atoms with Crippen molar-refractivity contribution < 1.29 is 14.4 Å². The molecule has 4 aromatic rings. The Morgan fingerprint density at radius 1 is 1.05 bits per heavy atom. The zero-order valence-corrected chi connectivity index (χ0v) is 24.2. The number of imidazole rings is 1. The van der Waals surface area contributed by atoms with E-state index in [9.17, 15) is 14.4 Å². The minimum Gasteiger partial charge on any atom is -0.327 e. The Hall–Kier alpha value is -3.99. The van der Waals surface area contributed by atoms with Gasteiger partial charge in [0, 0.05) is 42.7 Å². The van der Waals surface area contributed by atoms with E-state index in [0.29, 0.717) is 33.9 Å². The van der Waals surface area contributed by atoms with Crippen LogP contribution in [0.1, 0.15) is 54.4 Å². The maximum absolute atomic E-state index is 13.8. The molecule has 11 heteroatoms. The largest absolute Gasteiger partial charge is 0.327 e. The summed E-state index contributed by atoms with van der Waals surface area (Å²) in [6.45, 7) is 7.26. The van der Waals surface area contributed by atoms with Crippen molar-refractivity contribution in [2.75, 3.05) is 5.32 Å². The molecule has 1 saturated heterocycles. The van der Waals surface area contributed by atoms with Gasteiger partial charge in [-0.2, -0.15) is 0 Å². The van der Waals surface area contributed by atoms with Crippen molar-refractivity contribution in [3.63, 3.8) is 0 Å². The summed E-state index contributed by atoms with van der Waals surface area (Å²) in [6.07, 6.45) is 6.71. The van der Waals surface area contributed by atoms with Gasteiger partial charge in [0.15, 0.2) is 11.6 Å². The molecule has 6 rings (SSSR count). The molecule has 10 nitrogen and oxygen atoms in total. The second-order valence-corrected chi connectivity index (χ2v) is 11.8. The van der Waals surface area contributed by atoms with Crippen LogP contribution in [0.4, 0.5) is 5.82 Å². The molecule has 2 amide bonds. The lowest BCUT2D eigenvalue weighted by Gasteiger charge is -2.27. The molecule has 204 valence electrons. The van der Waals surface area contributed by atoms with Crippen LogP contribution < -0.4 is 5.32 Å². The lowest BCUT2D eigenvalue weighted by molar-refractivity contribution is -0.137. The molecule has 1 aliphatic carbocycles. The number of hydrogen-bond donors (Lipinski definition) is 1. The second kappa shape index (κ2) is 9.58. The summed E-state index contributed by atoms with van der Waals surface area (Å²) in [5.41, 5.74) is 3.56. The normalized spacial score (nSPS) is 21.4. The number of aromatic nitrogens is 5. The number of Topliss-reactive ketones (excluding diaryl/α,β-unsaturated/α-hetero) is 1. The number of carbonyl (C=O) groups is 3. The number of ketones is 1. The highest BCUT2D eigenvalue weighted by atomic mass is 79.9. The number of fused-ring (bicyclic) bond motifs is 2. The van der Waals surface area contributed by atoms with Gasteiger partial charge in [-0.15, -0.1) is 0 Å². The molecule has 0 radical (unpaired) electrons. The lowest BCUT2D eigenvalue weighted by Crippen LogP contribution is -2.46. The number of carbonyl (C=O) groups excluding carboxylic acids is 3. The van der Waals surface area contributed by atoms with Gasteiger partial charge < -0.3 is 10.2 Å². The van der Waals surface area contributed by atoms with Crippen molar-refractivity contribution in [3.8, 4) is 11.1 Å². The van der Waals surface area contributed by atoms with E-state index >= 15 is 0 Å². The number of pyridine rings is 2. The summed E-state index contributed by atoms with van der Waals surface area (Å²) in [4.78, 5) is 58.9. The zero-order valence-electron chi connectivity index (χ0n) is 22.6. The smallest absolute Gasteiger partial charge is 0.248 e. The van der Waals surface area contributed by atoms with E-state index in [0.717, 1.165) is 23.1 Å². The monoisotopic (exact) mass is 601 g/mol. The molecule has 40 heavy (non-hydrogen) atoms. The van der Waals surface area contributed by atoms with Crippen LogP contribution in [0.25, 0.3) is 16.6 Å². The van der Waals surface area contributed by atoms with Crippen LogP contribution in [0.5, 0.6) is 0 Å². The third-order valence-corrected chi connectivity index (χ3v) is 8.43. The number of amides is 2. The Kier molecular flexibility index (Phi) is 6.29. The number of hydrogen-bond acceptors (Lipinski definition) is 7. The van der Waals surface area contributed by atoms with Crippen LogP contribution in [0, 0.1) is 19.3 Å². The third kappa shape index (κ3) is 4.57. The van der Waals surface area contributed by atoms with Crippen molar-refractivity contribution >= 4 is 44.9 Å². The number of anilines is 1. The standard InChI is InChI=1S/C29H28BrN7O3/c1-15-5-8-24(30)34-26(15)35-28(40)22-10-29(4)11-23(29)37(22)25(39)9-20-21-7-6-18(19-12-31-17(3)32-13-19)14-36(21)27(33-20)16(2)38/h5-8,12-14,22-23H,9-11H2,1-4H3,(H,34,35,40)/t22-,23?,29-/m0/s1. The van der Waals surface area contributed by atoms with Gasteiger partial charge in [-0.3, -0.25) is 18.8 Å². The van der Waals surface area contributed by atoms with Crippen molar-refractivity contribution in [1.82, 2.24) is 29.2 Å². The van der Waals surface area contributed by atoms with Gasteiger partial charge in [0.25, 0.3) is 0 Å². The predicted molar refractivity (Wildman–Crippen MR) is 152 cm³/mol. The number of rotatable bonds is 6. The lowest BCUT2D eigenvalue weighted by atomic mass is 10.0. The summed E-state index contributed by atoms with van der Waals surface area (Å²) in [5.74, 6) is 0.739. The molecule has 0 bridgehead atoms. The number of halogens is 1. The summed E-state index contributed by atoms with van der Waals surface area (Å²) in [7, 11) is 0. The van der Waals surface area contributed by atoms with Crippen LogP contribution in [0.15, 0.2) is 47.5 Å². The fourth-order valence-corrected chi connectivity index (χ4v) is 5.98. The number of nitrogens with one attached hydrogen (secondary N) is 1. The minimum atomic E-state index is -0.606. The summed E-state index contributed by atoms with van der Waals surface area (Å²) < 4.78 is 2.34. The Balaban J connectivity index is 1.29. The number of nitrogens with zero attached hydrogens (tertiary/aromatic N) is 6. The number of likely N-dealkylation sites (tertiary alicyclic amines) is 1. The van der Waals surface area contributed by atoms with Crippen LogP contribution in [0.2, 0.25) is 0 Å².